The van der Waals surface area contributed by atoms with E-state index in [-0.39, 0.29) is 18.1 Å². The fourth-order valence-electron chi connectivity index (χ4n) is 1.97. The van der Waals surface area contributed by atoms with Crippen LogP contribution < -0.4 is 0 Å². The summed E-state index contributed by atoms with van der Waals surface area (Å²) in [5, 5.41) is 1.11. The molecule has 1 heterocycles. The lowest BCUT2D eigenvalue weighted by molar-refractivity contribution is -0.151. The van der Waals surface area contributed by atoms with E-state index in [4.69, 9.17) is 4.74 Å². The summed E-state index contributed by atoms with van der Waals surface area (Å²) >= 11 is 3.45. The first-order chi connectivity index (χ1) is 9.02. The van der Waals surface area contributed by atoms with Gasteiger partial charge in [0.25, 0.3) is 0 Å². The number of esters is 1. The van der Waals surface area contributed by atoms with Gasteiger partial charge in [-0.05, 0) is 44.5 Å². The zero-order valence-corrected chi connectivity index (χ0v) is 13.0. The van der Waals surface area contributed by atoms with Gasteiger partial charge >= 0.3 is 5.97 Å². The van der Waals surface area contributed by atoms with Gasteiger partial charge in [0, 0.05) is 21.6 Å². The number of ether oxygens (including phenoxy) is 1. The SMILES string of the molecule is CCC(C)OC(=O)C(C)n1ccc2cc(Br)ccc21. The predicted molar refractivity (Wildman–Crippen MR) is 80.2 cm³/mol. The Bertz CT molecular complexity index is 591. The monoisotopic (exact) mass is 323 g/mol. The summed E-state index contributed by atoms with van der Waals surface area (Å²) in [6.45, 7) is 5.78. The van der Waals surface area contributed by atoms with Crippen molar-refractivity contribution < 1.29 is 9.53 Å². The van der Waals surface area contributed by atoms with Crippen LogP contribution in [0.25, 0.3) is 10.9 Å². The second-order valence-electron chi connectivity index (χ2n) is 4.76. The molecule has 3 nitrogen and oxygen atoms in total. The van der Waals surface area contributed by atoms with Crippen molar-refractivity contribution in [1.82, 2.24) is 4.57 Å². The largest absolute Gasteiger partial charge is 0.461 e. The Kier molecular flexibility index (Phi) is 4.30. The maximum atomic E-state index is 12.1. The first kappa shape index (κ1) is 14.1. The summed E-state index contributed by atoms with van der Waals surface area (Å²) in [6.07, 6.45) is 2.73. The van der Waals surface area contributed by atoms with E-state index in [1.54, 1.807) is 0 Å². The van der Waals surface area contributed by atoms with E-state index in [9.17, 15) is 4.79 Å². The zero-order valence-electron chi connectivity index (χ0n) is 11.4. The average molecular weight is 324 g/mol. The van der Waals surface area contributed by atoms with Gasteiger partial charge in [-0.25, -0.2) is 4.79 Å². The maximum Gasteiger partial charge on any atom is 0.329 e. The van der Waals surface area contributed by atoms with Gasteiger partial charge in [0.2, 0.25) is 0 Å². The quantitative estimate of drug-likeness (QED) is 0.785. The van der Waals surface area contributed by atoms with Gasteiger partial charge in [0.15, 0.2) is 0 Å². The lowest BCUT2D eigenvalue weighted by Crippen LogP contribution is -2.22. The summed E-state index contributed by atoms with van der Waals surface area (Å²) in [5.41, 5.74) is 1.04. The number of carbonyl (C=O) groups excluding carboxylic acids is 1. The van der Waals surface area contributed by atoms with E-state index in [0.717, 1.165) is 21.8 Å². The highest BCUT2D eigenvalue weighted by Crippen LogP contribution is 2.24. The molecule has 0 radical (unpaired) electrons. The molecule has 1 aromatic carbocycles. The minimum Gasteiger partial charge on any atom is -0.461 e. The Labute approximate surface area is 121 Å². The number of rotatable bonds is 4. The highest BCUT2D eigenvalue weighted by atomic mass is 79.9. The Morgan fingerprint density at radius 1 is 1.37 bits per heavy atom. The third-order valence-corrected chi connectivity index (χ3v) is 3.83. The van der Waals surface area contributed by atoms with Crippen LogP contribution in [-0.4, -0.2) is 16.6 Å². The smallest absolute Gasteiger partial charge is 0.329 e. The molecule has 4 heteroatoms. The number of aromatic nitrogens is 1. The van der Waals surface area contributed by atoms with E-state index < -0.39 is 0 Å². The fourth-order valence-corrected chi connectivity index (χ4v) is 2.35. The lowest BCUT2D eigenvalue weighted by atomic mass is 10.2. The number of hydrogen-bond donors (Lipinski definition) is 0. The third kappa shape index (κ3) is 3.00. The lowest BCUT2D eigenvalue weighted by Gasteiger charge is -2.17. The molecule has 102 valence electrons. The Morgan fingerprint density at radius 2 is 2.11 bits per heavy atom. The molecule has 0 spiro atoms. The van der Waals surface area contributed by atoms with E-state index in [1.807, 2.05) is 55.8 Å². The predicted octanol–water partition coefficient (Wildman–Crippen LogP) is 4.31. The van der Waals surface area contributed by atoms with Crippen molar-refractivity contribution >= 4 is 32.8 Å². The van der Waals surface area contributed by atoms with Crippen molar-refractivity contribution in [3.05, 3.63) is 34.9 Å². The third-order valence-electron chi connectivity index (χ3n) is 3.33. The molecule has 2 aromatic rings. The maximum absolute atomic E-state index is 12.1. The molecule has 0 N–H and O–H groups in total. The molecular formula is C15H18BrNO2. The molecule has 0 fully saturated rings. The van der Waals surface area contributed by atoms with Gasteiger partial charge in [-0.1, -0.05) is 22.9 Å². The summed E-state index contributed by atoms with van der Waals surface area (Å²) in [7, 11) is 0. The van der Waals surface area contributed by atoms with Crippen molar-refractivity contribution in [2.75, 3.05) is 0 Å². The highest BCUT2D eigenvalue weighted by molar-refractivity contribution is 9.10. The van der Waals surface area contributed by atoms with Crippen LogP contribution in [0.5, 0.6) is 0 Å². The average Bonchev–Trinajstić information content (AvgIpc) is 2.80. The number of benzene rings is 1. The van der Waals surface area contributed by atoms with Crippen molar-refractivity contribution in [1.29, 1.82) is 0 Å². The van der Waals surface area contributed by atoms with Gasteiger partial charge in [-0.15, -0.1) is 0 Å². The zero-order chi connectivity index (χ0) is 14.0. The standard InChI is InChI=1S/C15H18BrNO2/c1-4-10(2)19-15(18)11(3)17-8-7-12-9-13(16)5-6-14(12)17/h5-11H,4H2,1-3H3. The fraction of sp³-hybridized carbons (Fsp3) is 0.400. The molecule has 0 saturated heterocycles. The Balaban J connectivity index is 2.26. The molecule has 0 aliphatic rings. The molecule has 0 aliphatic heterocycles. The van der Waals surface area contributed by atoms with Gasteiger partial charge < -0.3 is 9.30 Å². The van der Waals surface area contributed by atoms with Crippen LogP contribution in [0.15, 0.2) is 34.9 Å². The van der Waals surface area contributed by atoms with Gasteiger partial charge in [-0.3, -0.25) is 0 Å². The van der Waals surface area contributed by atoms with E-state index >= 15 is 0 Å². The molecule has 1 aromatic heterocycles. The molecule has 0 aliphatic carbocycles. The minimum atomic E-state index is -0.312. The molecule has 19 heavy (non-hydrogen) atoms. The Hall–Kier alpha value is -1.29. The van der Waals surface area contributed by atoms with Crippen LogP contribution in [0, 0.1) is 0 Å². The van der Waals surface area contributed by atoms with Gasteiger partial charge in [0.05, 0.1) is 6.10 Å². The normalized spacial score (nSPS) is 14.3. The van der Waals surface area contributed by atoms with E-state index in [1.165, 1.54) is 0 Å². The van der Waals surface area contributed by atoms with Gasteiger partial charge in [0.1, 0.15) is 6.04 Å². The summed E-state index contributed by atoms with van der Waals surface area (Å²) in [5.74, 6) is -0.185. The molecule has 0 saturated carbocycles. The summed E-state index contributed by atoms with van der Waals surface area (Å²) in [6, 6.07) is 7.72. The van der Waals surface area contributed by atoms with E-state index in [2.05, 4.69) is 15.9 Å². The molecule has 2 unspecified atom stereocenters. The summed E-state index contributed by atoms with van der Waals surface area (Å²) < 4.78 is 8.37. The number of fused-ring (bicyclic) bond motifs is 1. The highest BCUT2D eigenvalue weighted by Gasteiger charge is 2.19. The first-order valence-corrected chi connectivity index (χ1v) is 7.28. The van der Waals surface area contributed by atoms with Crippen molar-refractivity contribution in [2.45, 2.75) is 39.3 Å². The summed E-state index contributed by atoms with van der Waals surface area (Å²) in [4.78, 5) is 12.1. The van der Waals surface area contributed by atoms with Crippen molar-refractivity contribution in [3.63, 3.8) is 0 Å². The molecular weight excluding hydrogens is 306 g/mol. The second kappa shape index (κ2) is 5.78. The topological polar surface area (TPSA) is 31.2 Å². The molecule has 2 rings (SSSR count). The van der Waals surface area contributed by atoms with Crippen LogP contribution in [0.2, 0.25) is 0 Å². The molecule has 2 atom stereocenters. The molecule has 0 bridgehead atoms. The van der Waals surface area contributed by atoms with Crippen LogP contribution in [-0.2, 0) is 9.53 Å². The second-order valence-corrected chi connectivity index (χ2v) is 5.67. The van der Waals surface area contributed by atoms with Crippen LogP contribution in [0.1, 0.15) is 33.2 Å². The number of hydrogen-bond acceptors (Lipinski definition) is 2. The Morgan fingerprint density at radius 3 is 2.79 bits per heavy atom. The van der Waals surface area contributed by atoms with Crippen LogP contribution in [0.4, 0.5) is 0 Å². The van der Waals surface area contributed by atoms with Crippen LogP contribution >= 0.6 is 15.9 Å². The van der Waals surface area contributed by atoms with E-state index in [0.29, 0.717) is 0 Å². The van der Waals surface area contributed by atoms with Crippen LogP contribution in [0.3, 0.4) is 0 Å². The van der Waals surface area contributed by atoms with Crippen molar-refractivity contribution in [3.8, 4) is 0 Å². The van der Waals surface area contributed by atoms with Gasteiger partial charge in [-0.2, -0.15) is 0 Å². The minimum absolute atomic E-state index is 0.0362. The number of halogens is 1. The molecule has 0 amide bonds. The van der Waals surface area contributed by atoms with Crippen molar-refractivity contribution in [2.24, 2.45) is 0 Å². The first-order valence-electron chi connectivity index (χ1n) is 6.49. The number of nitrogens with zero attached hydrogens (tertiary/aromatic N) is 1. The number of carbonyl (C=O) groups is 1.